The van der Waals surface area contributed by atoms with E-state index in [1.807, 2.05) is 24.8 Å². The van der Waals surface area contributed by atoms with Crippen molar-refractivity contribution in [2.24, 2.45) is 5.92 Å². The van der Waals surface area contributed by atoms with Crippen LogP contribution in [-0.2, 0) is 17.9 Å². The normalized spacial score (nSPS) is 17.1. The van der Waals surface area contributed by atoms with E-state index in [0.29, 0.717) is 11.6 Å². The minimum atomic E-state index is -0.115. The highest BCUT2D eigenvalue weighted by Gasteiger charge is 2.24. The standard InChI is InChI=1S/C19H26ClN5O/c1-15(12-25-13-17(20)11-21-25)19(26)24-8-4-7-23(9-10-24)14-18-6-3-5-16(2)22-18/h3,5-6,11,13,15H,4,7-10,12,14H2,1-2H3/t15-/m0/s1. The number of pyridine rings is 1. The van der Waals surface area contributed by atoms with Gasteiger partial charge in [0.15, 0.2) is 0 Å². The molecule has 2 aromatic rings. The van der Waals surface area contributed by atoms with Gasteiger partial charge in [0.25, 0.3) is 0 Å². The molecule has 3 rings (SSSR count). The molecule has 3 heterocycles. The summed E-state index contributed by atoms with van der Waals surface area (Å²) in [7, 11) is 0. The van der Waals surface area contributed by atoms with Crippen LogP contribution >= 0.6 is 11.6 Å². The van der Waals surface area contributed by atoms with Gasteiger partial charge in [-0.25, -0.2) is 0 Å². The van der Waals surface area contributed by atoms with Gasteiger partial charge in [-0.3, -0.25) is 19.4 Å². The van der Waals surface area contributed by atoms with E-state index in [2.05, 4.69) is 27.1 Å². The molecule has 0 unspecified atom stereocenters. The molecule has 0 N–H and O–H groups in total. The van der Waals surface area contributed by atoms with E-state index in [0.717, 1.165) is 50.5 Å². The smallest absolute Gasteiger partial charge is 0.227 e. The molecule has 0 saturated carbocycles. The molecule has 0 aromatic carbocycles. The summed E-state index contributed by atoms with van der Waals surface area (Å²) in [4.78, 5) is 21.7. The van der Waals surface area contributed by atoms with Crippen LogP contribution in [0, 0.1) is 12.8 Å². The number of aryl methyl sites for hydroxylation is 1. The molecule has 1 fully saturated rings. The summed E-state index contributed by atoms with van der Waals surface area (Å²) in [5, 5.41) is 4.76. The molecule has 1 atom stereocenters. The largest absolute Gasteiger partial charge is 0.341 e. The van der Waals surface area contributed by atoms with Gasteiger partial charge in [-0.05, 0) is 25.5 Å². The van der Waals surface area contributed by atoms with E-state index in [1.54, 1.807) is 17.1 Å². The Morgan fingerprint density at radius 2 is 2.12 bits per heavy atom. The van der Waals surface area contributed by atoms with Gasteiger partial charge in [0.1, 0.15) is 0 Å². The summed E-state index contributed by atoms with van der Waals surface area (Å²) in [6, 6.07) is 6.13. The Kier molecular flexibility index (Phi) is 6.27. The van der Waals surface area contributed by atoms with Gasteiger partial charge >= 0.3 is 0 Å². The highest BCUT2D eigenvalue weighted by atomic mass is 35.5. The van der Waals surface area contributed by atoms with Gasteiger partial charge in [0.2, 0.25) is 5.91 Å². The molecule has 1 aliphatic rings. The molecule has 7 heteroatoms. The maximum atomic E-state index is 12.8. The SMILES string of the molecule is Cc1cccc(CN2CCCN(C(=O)[C@@H](C)Cn3cc(Cl)cn3)CC2)n1. The van der Waals surface area contributed by atoms with Crippen LogP contribution in [-0.4, -0.2) is 56.7 Å². The van der Waals surface area contributed by atoms with Crippen molar-refractivity contribution in [1.82, 2.24) is 24.6 Å². The van der Waals surface area contributed by atoms with Crippen molar-refractivity contribution < 1.29 is 4.79 Å². The van der Waals surface area contributed by atoms with E-state index in [9.17, 15) is 4.79 Å². The Morgan fingerprint density at radius 3 is 2.85 bits per heavy atom. The third-order valence-electron chi connectivity index (χ3n) is 4.72. The topological polar surface area (TPSA) is 54.3 Å². The molecule has 26 heavy (non-hydrogen) atoms. The lowest BCUT2D eigenvalue weighted by Gasteiger charge is -2.24. The summed E-state index contributed by atoms with van der Waals surface area (Å²) in [6.07, 6.45) is 4.34. The fourth-order valence-corrected chi connectivity index (χ4v) is 3.53. The lowest BCUT2D eigenvalue weighted by Crippen LogP contribution is -2.39. The minimum absolute atomic E-state index is 0.115. The van der Waals surface area contributed by atoms with Crippen LogP contribution in [0.1, 0.15) is 24.7 Å². The van der Waals surface area contributed by atoms with Gasteiger partial charge in [-0.15, -0.1) is 0 Å². The molecule has 1 saturated heterocycles. The Balaban J connectivity index is 1.53. The maximum Gasteiger partial charge on any atom is 0.227 e. The molecule has 2 aromatic heterocycles. The van der Waals surface area contributed by atoms with Crippen molar-refractivity contribution >= 4 is 17.5 Å². The molecule has 6 nitrogen and oxygen atoms in total. The Morgan fingerprint density at radius 1 is 1.27 bits per heavy atom. The van der Waals surface area contributed by atoms with Crippen molar-refractivity contribution in [3.63, 3.8) is 0 Å². The molecule has 0 radical (unpaired) electrons. The Bertz CT molecular complexity index is 747. The van der Waals surface area contributed by atoms with Crippen LogP contribution in [0.4, 0.5) is 0 Å². The van der Waals surface area contributed by atoms with Crippen molar-refractivity contribution in [2.75, 3.05) is 26.2 Å². The first-order valence-corrected chi connectivity index (χ1v) is 9.50. The maximum absolute atomic E-state index is 12.8. The number of halogens is 1. The second kappa shape index (κ2) is 8.64. The molecule has 1 aliphatic heterocycles. The first-order valence-electron chi connectivity index (χ1n) is 9.13. The second-order valence-electron chi connectivity index (χ2n) is 7.01. The van der Waals surface area contributed by atoms with Gasteiger partial charge in [-0.1, -0.05) is 24.6 Å². The highest BCUT2D eigenvalue weighted by molar-refractivity contribution is 6.30. The molecule has 140 valence electrons. The number of hydrogen-bond donors (Lipinski definition) is 0. The van der Waals surface area contributed by atoms with E-state index in [-0.39, 0.29) is 11.8 Å². The van der Waals surface area contributed by atoms with Crippen molar-refractivity contribution in [3.05, 3.63) is 47.0 Å². The summed E-state index contributed by atoms with van der Waals surface area (Å²) >= 11 is 5.90. The van der Waals surface area contributed by atoms with E-state index in [4.69, 9.17) is 11.6 Å². The average molecular weight is 376 g/mol. The minimum Gasteiger partial charge on any atom is -0.341 e. The van der Waals surface area contributed by atoms with Crippen LogP contribution in [0.3, 0.4) is 0 Å². The van der Waals surface area contributed by atoms with Gasteiger partial charge in [0, 0.05) is 44.6 Å². The number of carbonyl (C=O) groups is 1. The lowest BCUT2D eigenvalue weighted by molar-refractivity contribution is -0.135. The summed E-state index contributed by atoms with van der Waals surface area (Å²) in [5.74, 6) is 0.0723. The zero-order chi connectivity index (χ0) is 18.5. The van der Waals surface area contributed by atoms with E-state index in [1.165, 1.54) is 0 Å². The van der Waals surface area contributed by atoms with Crippen LogP contribution in [0.2, 0.25) is 5.02 Å². The Labute approximate surface area is 159 Å². The Hall–Kier alpha value is -1.92. The second-order valence-corrected chi connectivity index (χ2v) is 7.44. The summed E-state index contributed by atoms with van der Waals surface area (Å²) in [6.45, 7) is 8.79. The monoisotopic (exact) mass is 375 g/mol. The summed E-state index contributed by atoms with van der Waals surface area (Å²) in [5.41, 5.74) is 2.13. The first kappa shape index (κ1) is 18.9. The predicted molar refractivity (Wildman–Crippen MR) is 102 cm³/mol. The molecule has 0 aliphatic carbocycles. The molecular formula is C19H26ClN5O. The van der Waals surface area contributed by atoms with Gasteiger partial charge in [-0.2, -0.15) is 5.10 Å². The average Bonchev–Trinajstić information content (AvgIpc) is 2.87. The number of nitrogens with zero attached hydrogens (tertiary/aromatic N) is 5. The van der Waals surface area contributed by atoms with Crippen molar-refractivity contribution in [2.45, 2.75) is 33.4 Å². The quantitative estimate of drug-likeness (QED) is 0.806. The van der Waals surface area contributed by atoms with Crippen LogP contribution < -0.4 is 0 Å². The third-order valence-corrected chi connectivity index (χ3v) is 4.91. The van der Waals surface area contributed by atoms with E-state index < -0.39 is 0 Å². The number of carbonyl (C=O) groups excluding carboxylic acids is 1. The van der Waals surface area contributed by atoms with Crippen LogP contribution in [0.25, 0.3) is 0 Å². The van der Waals surface area contributed by atoms with Gasteiger partial charge < -0.3 is 4.90 Å². The number of rotatable bonds is 5. The predicted octanol–water partition coefficient (Wildman–Crippen LogP) is 2.61. The zero-order valence-corrected chi connectivity index (χ0v) is 16.2. The molecule has 1 amide bonds. The first-order chi connectivity index (χ1) is 12.5. The molecular weight excluding hydrogens is 350 g/mol. The van der Waals surface area contributed by atoms with Crippen molar-refractivity contribution in [3.8, 4) is 0 Å². The van der Waals surface area contributed by atoms with Crippen LogP contribution in [0.5, 0.6) is 0 Å². The lowest BCUT2D eigenvalue weighted by atomic mass is 10.1. The third kappa shape index (κ3) is 5.05. The number of hydrogen-bond acceptors (Lipinski definition) is 4. The van der Waals surface area contributed by atoms with Gasteiger partial charge in [0.05, 0.1) is 29.4 Å². The van der Waals surface area contributed by atoms with Crippen molar-refractivity contribution in [1.29, 1.82) is 0 Å². The van der Waals surface area contributed by atoms with Crippen LogP contribution in [0.15, 0.2) is 30.6 Å². The fraction of sp³-hybridized carbons (Fsp3) is 0.526. The number of amides is 1. The highest BCUT2D eigenvalue weighted by Crippen LogP contribution is 2.13. The zero-order valence-electron chi connectivity index (χ0n) is 15.4. The van der Waals surface area contributed by atoms with E-state index >= 15 is 0 Å². The molecule has 0 bridgehead atoms. The number of aromatic nitrogens is 3. The molecule has 0 spiro atoms. The summed E-state index contributed by atoms with van der Waals surface area (Å²) < 4.78 is 1.73. The fourth-order valence-electron chi connectivity index (χ4n) is 3.37.